The van der Waals surface area contributed by atoms with Crippen LogP contribution in [0.1, 0.15) is 5.56 Å². The number of aryl methyl sites for hydroxylation is 1. The van der Waals surface area contributed by atoms with Crippen molar-refractivity contribution >= 4 is 40.6 Å². The highest BCUT2D eigenvalue weighted by atomic mass is 32.2. The first-order valence-electron chi connectivity index (χ1n) is 9.10. The van der Waals surface area contributed by atoms with E-state index in [0.29, 0.717) is 0 Å². The number of amides is 1. The maximum Gasteiger partial charge on any atom is 0.234 e. The summed E-state index contributed by atoms with van der Waals surface area (Å²) >= 11 is 3.06. The molecule has 0 aliphatic rings. The predicted octanol–water partition coefficient (Wildman–Crippen LogP) is 5.16. The third-order valence-electron chi connectivity index (χ3n) is 4.40. The van der Waals surface area contributed by atoms with Crippen LogP contribution < -0.4 is 5.32 Å². The fourth-order valence-electron chi connectivity index (χ4n) is 2.91. The number of nitrogens with one attached hydrogen (secondary N) is 1. The standard InChI is InChI=1S/C22H20N4OS2/c1-15-6-8-16(9-7-15)19-13-20-22(23-10-11-26(20)25-19)29-14-21(27)24-17-4-3-5-18(12-17)28-2/h3-13H,14H2,1-2H3,(H,24,27). The van der Waals surface area contributed by atoms with Crippen LogP contribution in [0, 0.1) is 6.92 Å². The first-order valence-corrected chi connectivity index (χ1v) is 11.3. The van der Waals surface area contributed by atoms with E-state index >= 15 is 0 Å². The Labute approximate surface area is 177 Å². The van der Waals surface area contributed by atoms with Crippen LogP contribution in [0.5, 0.6) is 0 Å². The number of nitrogens with zero attached hydrogens (tertiary/aromatic N) is 3. The second kappa shape index (κ2) is 8.71. The van der Waals surface area contributed by atoms with Crippen LogP contribution in [-0.4, -0.2) is 32.5 Å². The first kappa shape index (κ1) is 19.5. The number of rotatable bonds is 6. The third kappa shape index (κ3) is 4.63. The Kier molecular flexibility index (Phi) is 5.87. The summed E-state index contributed by atoms with van der Waals surface area (Å²) in [5.74, 6) is 0.219. The van der Waals surface area contributed by atoms with Gasteiger partial charge in [-0.15, -0.1) is 11.8 Å². The van der Waals surface area contributed by atoms with Crippen LogP contribution in [0.4, 0.5) is 5.69 Å². The number of anilines is 1. The fraction of sp³-hybridized carbons (Fsp3) is 0.136. The van der Waals surface area contributed by atoms with Crippen molar-refractivity contribution < 1.29 is 4.79 Å². The Morgan fingerprint density at radius 3 is 2.76 bits per heavy atom. The summed E-state index contributed by atoms with van der Waals surface area (Å²) in [4.78, 5) is 18.0. The highest BCUT2D eigenvalue weighted by Gasteiger charge is 2.12. The van der Waals surface area contributed by atoms with Gasteiger partial charge in [0, 0.05) is 28.5 Å². The average Bonchev–Trinajstić information content (AvgIpc) is 3.18. The van der Waals surface area contributed by atoms with Crippen LogP contribution in [0.15, 0.2) is 76.9 Å². The van der Waals surface area contributed by atoms with Gasteiger partial charge in [0.1, 0.15) is 5.03 Å². The van der Waals surface area contributed by atoms with E-state index in [1.165, 1.54) is 17.3 Å². The molecule has 0 atom stereocenters. The lowest BCUT2D eigenvalue weighted by Crippen LogP contribution is -2.14. The summed E-state index contributed by atoms with van der Waals surface area (Å²) in [7, 11) is 0. The van der Waals surface area contributed by atoms with E-state index in [9.17, 15) is 4.79 Å². The summed E-state index contributed by atoms with van der Waals surface area (Å²) in [5.41, 5.74) is 4.86. The molecule has 2 aromatic heterocycles. The lowest BCUT2D eigenvalue weighted by Gasteiger charge is -2.06. The Morgan fingerprint density at radius 1 is 1.14 bits per heavy atom. The third-order valence-corrected chi connectivity index (χ3v) is 6.12. The molecule has 29 heavy (non-hydrogen) atoms. The van der Waals surface area contributed by atoms with E-state index in [2.05, 4.69) is 46.6 Å². The van der Waals surface area contributed by atoms with E-state index in [1.807, 2.05) is 47.3 Å². The summed E-state index contributed by atoms with van der Waals surface area (Å²) in [6.07, 6.45) is 5.55. The van der Waals surface area contributed by atoms with Gasteiger partial charge >= 0.3 is 0 Å². The van der Waals surface area contributed by atoms with E-state index < -0.39 is 0 Å². The second-order valence-electron chi connectivity index (χ2n) is 6.53. The van der Waals surface area contributed by atoms with Crippen molar-refractivity contribution in [2.45, 2.75) is 16.8 Å². The molecular weight excluding hydrogens is 400 g/mol. The van der Waals surface area contributed by atoms with E-state index in [-0.39, 0.29) is 11.7 Å². The molecule has 0 saturated carbocycles. The molecule has 0 aliphatic carbocycles. The van der Waals surface area contributed by atoms with Crippen molar-refractivity contribution in [3.63, 3.8) is 0 Å². The smallest absolute Gasteiger partial charge is 0.234 e. The van der Waals surface area contributed by atoms with Crippen molar-refractivity contribution in [1.29, 1.82) is 0 Å². The molecule has 0 fully saturated rings. The summed E-state index contributed by atoms with van der Waals surface area (Å²) in [5, 5.41) is 8.38. The number of carbonyl (C=O) groups is 1. The van der Waals surface area contributed by atoms with Gasteiger partial charge in [0.05, 0.1) is 17.0 Å². The molecule has 2 heterocycles. The van der Waals surface area contributed by atoms with Crippen molar-refractivity contribution in [3.05, 3.63) is 72.6 Å². The number of benzene rings is 2. The van der Waals surface area contributed by atoms with Crippen LogP contribution in [-0.2, 0) is 4.79 Å². The molecule has 0 unspecified atom stereocenters. The normalized spacial score (nSPS) is 11.0. The zero-order valence-corrected chi connectivity index (χ0v) is 17.8. The molecule has 1 amide bonds. The van der Waals surface area contributed by atoms with Crippen LogP contribution in [0.3, 0.4) is 0 Å². The molecule has 0 radical (unpaired) electrons. The van der Waals surface area contributed by atoms with Gasteiger partial charge in [-0.05, 0) is 37.4 Å². The van der Waals surface area contributed by atoms with E-state index in [0.717, 1.165) is 32.4 Å². The Balaban J connectivity index is 1.49. The average molecular weight is 421 g/mol. The molecule has 0 bridgehead atoms. The van der Waals surface area contributed by atoms with E-state index in [1.54, 1.807) is 18.0 Å². The van der Waals surface area contributed by atoms with Gasteiger partial charge in [-0.1, -0.05) is 47.7 Å². The fourth-order valence-corrected chi connectivity index (χ4v) is 4.14. The number of fused-ring (bicyclic) bond motifs is 1. The minimum absolute atomic E-state index is 0.0599. The zero-order chi connectivity index (χ0) is 20.2. The SMILES string of the molecule is CSc1cccc(NC(=O)CSc2nccn3nc(-c4ccc(C)cc4)cc23)c1. The highest BCUT2D eigenvalue weighted by molar-refractivity contribution is 8.00. The number of hydrogen-bond donors (Lipinski definition) is 1. The number of thioether (sulfide) groups is 2. The predicted molar refractivity (Wildman–Crippen MR) is 121 cm³/mol. The Morgan fingerprint density at radius 2 is 1.97 bits per heavy atom. The summed E-state index contributed by atoms with van der Waals surface area (Å²) < 4.78 is 1.81. The number of aromatic nitrogens is 3. The summed E-state index contributed by atoms with van der Waals surface area (Å²) in [6, 6.07) is 18.1. The van der Waals surface area contributed by atoms with Crippen LogP contribution in [0.2, 0.25) is 0 Å². The first-order chi connectivity index (χ1) is 14.1. The quantitative estimate of drug-likeness (QED) is 0.437. The molecular formula is C22H20N4OS2. The summed E-state index contributed by atoms with van der Waals surface area (Å²) in [6.45, 7) is 2.06. The van der Waals surface area contributed by atoms with Gasteiger partial charge in [0.25, 0.3) is 0 Å². The van der Waals surface area contributed by atoms with Crippen LogP contribution in [0.25, 0.3) is 16.8 Å². The van der Waals surface area contributed by atoms with Gasteiger partial charge in [-0.3, -0.25) is 4.79 Å². The molecule has 0 aliphatic heterocycles. The molecule has 7 heteroatoms. The molecule has 4 aromatic rings. The van der Waals surface area contributed by atoms with E-state index in [4.69, 9.17) is 0 Å². The van der Waals surface area contributed by atoms with Gasteiger partial charge in [-0.2, -0.15) is 5.10 Å². The van der Waals surface area contributed by atoms with Crippen LogP contribution >= 0.6 is 23.5 Å². The van der Waals surface area contributed by atoms with Gasteiger partial charge in [0.2, 0.25) is 5.91 Å². The Bertz CT molecular complexity index is 1160. The van der Waals surface area contributed by atoms with Gasteiger partial charge < -0.3 is 5.32 Å². The zero-order valence-electron chi connectivity index (χ0n) is 16.1. The number of carbonyl (C=O) groups excluding carboxylic acids is 1. The van der Waals surface area contributed by atoms with Crippen molar-refractivity contribution in [2.24, 2.45) is 0 Å². The molecule has 0 saturated heterocycles. The molecule has 146 valence electrons. The lowest BCUT2D eigenvalue weighted by molar-refractivity contribution is -0.113. The molecule has 5 nitrogen and oxygen atoms in total. The molecule has 1 N–H and O–H groups in total. The van der Waals surface area contributed by atoms with Crippen molar-refractivity contribution in [2.75, 3.05) is 17.3 Å². The highest BCUT2D eigenvalue weighted by Crippen LogP contribution is 2.26. The van der Waals surface area contributed by atoms with Gasteiger partial charge in [0.15, 0.2) is 0 Å². The monoisotopic (exact) mass is 420 g/mol. The minimum atomic E-state index is -0.0599. The second-order valence-corrected chi connectivity index (χ2v) is 8.37. The maximum atomic E-state index is 12.4. The topological polar surface area (TPSA) is 59.3 Å². The Hall–Kier alpha value is -2.77. The molecule has 4 rings (SSSR count). The molecule has 2 aromatic carbocycles. The van der Waals surface area contributed by atoms with Crippen molar-refractivity contribution in [1.82, 2.24) is 14.6 Å². The lowest BCUT2D eigenvalue weighted by atomic mass is 10.1. The molecule has 0 spiro atoms. The van der Waals surface area contributed by atoms with Crippen molar-refractivity contribution in [3.8, 4) is 11.3 Å². The minimum Gasteiger partial charge on any atom is -0.325 e. The maximum absolute atomic E-state index is 12.4. The number of hydrogen-bond acceptors (Lipinski definition) is 5. The van der Waals surface area contributed by atoms with Gasteiger partial charge in [-0.25, -0.2) is 9.50 Å². The largest absolute Gasteiger partial charge is 0.325 e.